The van der Waals surface area contributed by atoms with Crippen LogP contribution >= 0.6 is 0 Å². The summed E-state index contributed by atoms with van der Waals surface area (Å²) < 4.78 is 27.8. The van der Waals surface area contributed by atoms with E-state index in [-0.39, 0.29) is 24.5 Å². The van der Waals surface area contributed by atoms with Gasteiger partial charge in [-0.25, -0.2) is 9.86 Å². The minimum Gasteiger partial charge on any atom is -0.480 e. The number of hydrogen-bond acceptors (Lipinski definition) is 6. The van der Waals surface area contributed by atoms with E-state index in [1.54, 1.807) is 0 Å². The van der Waals surface area contributed by atoms with Gasteiger partial charge < -0.3 is 20.6 Å². The molecule has 0 saturated heterocycles. The molecule has 0 radical (unpaired) electrons. The van der Waals surface area contributed by atoms with E-state index >= 15 is 0 Å². The van der Waals surface area contributed by atoms with Gasteiger partial charge in [-0.1, -0.05) is 0 Å². The normalized spacial score (nSPS) is 11.4. The zero-order valence-corrected chi connectivity index (χ0v) is 9.54. The van der Waals surface area contributed by atoms with Crippen LogP contribution in [0.5, 0.6) is 5.95 Å². The minimum atomic E-state index is -3.73. The molecule has 1 heterocycles. The van der Waals surface area contributed by atoms with Crippen molar-refractivity contribution in [2.24, 2.45) is 10.9 Å². The van der Waals surface area contributed by atoms with E-state index in [4.69, 9.17) is 16.3 Å². The molecule has 0 fully saturated rings. The van der Waals surface area contributed by atoms with Gasteiger partial charge in [0.05, 0.1) is 5.69 Å². The Kier molecular flexibility index (Phi) is 3.93. The first kappa shape index (κ1) is 13.3. The maximum absolute atomic E-state index is 10.5. The molecule has 9 nitrogen and oxygen atoms in total. The van der Waals surface area contributed by atoms with Gasteiger partial charge in [-0.3, -0.25) is 5.41 Å². The van der Waals surface area contributed by atoms with Crippen LogP contribution in [0, 0.1) is 5.41 Å². The summed E-state index contributed by atoms with van der Waals surface area (Å²) in [6.07, 6.45) is 1.17. The third-order valence-corrected chi connectivity index (χ3v) is 2.39. The third kappa shape index (κ3) is 3.94. The molecule has 1 aromatic heterocycles. The first-order chi connectivity index (χ1) is 7.81. The van der Waals surface area contributed by atoms with E-state index in [1.807, 2.05) is 0 Å². The average Bonchev–Trinajstić information content (AvgIpc) is 2.53. The number of anilines is 1. The molecule has 10 heteroatoms. The third-order valence-electron chi connectivity index (χ3n) is 1.78. The quantitative estimate of drug-likeness (QED) is 0.207. The zero-order chi connectivity index (χ0) is 13.1. The highest BCUT2D eigenvalue weighted by atomic mass is 32.2. The van der Waals surface area contributed by atoms with Gasteiger partial charge in [0, 0.05) is 13.1 Å². The topological polar surface area (TPSA) is 167 Å². The van der Waals surface area contributed by atoms with E-state index in [9.17, 15) is 13.5 Å². The summed E-state index contributed by atoms with van der Waals surface area (Å²) in [5.41, 5.74) is 5.55. The maximum Gasteiger partial charge on any atom is 0.295 e. The summed E-state index contributed by atoms with van der Waals surface area (Å²) in [5, 5.41) is 23.9. The number of furan rings is 1. The highest BCUT2D eigenvalue weighted by Crippen LogP contribution is 2.26. The van der Waals surface area contributed by atoms with E-state index in [2.05, 4.69) is 14.5 Å². The predicted molar refractivity (Wildman–Crippen MR) is 61.0 cm³/mol. The van der Waals surface area contributed by atoms with E-state index in [0.29, 0.717) is 5.69 Å². The lowest BCUT2D eigenvalue weighted by molar-refractivity contribution is 0.332. The molecule has 1 aromatic rings. The Balaban J connectivity index is 2.56. The summed E-state index contributed by atoms with van der Waals surface area (Å²) in [5.74, 6) is -0.836. The molecule has 0 saturated carbocycles. The fourth-order valence-electron chi connectivity index (χ4n) is 1.13. The molecule has 0 aromatic carbocycles. The molecule has 0 unspecified atom stereocenters. The van der Waals surface area contributed by atoms with Crippen molar-refractivity contribution in [3.63, 3.8) is 0 Å². The zero-order valence-electron chi connectivity index (χ0n) is 8.73. The lowest BCUT2D eigenvalue weighted by atomic mass is 10.2. The van der Waals surface area contributed by atoms with Crippen molar-refractivity contribution >= 4 is 21.7 Å². The molecule has 96 valence electrons. The number of hydrogen-bond donors (Lipinski definition) is 6. The lowest BCUT2D eigenvalue weighted by Crippen LogP contribution is -2.34. The second kappa shape index (κ2) is 5.03. The fraction of sp³-hybridized carbons (Fsp3) is 0.286. The maximum atomic E-state index is 10.5. The highest BCUT2D eigenvalue weighted by molar-refractivity contribution is 7.87. The summed E-state index contributed by atoms with van der Waals surface area (Å²) in [6, 6.07) is 0. The van der Waals surface area contributed by atoms with Gasteiger partial charge in [0.15, 0.2) is 0 Å². The molecule has 8 N–H and O–H groups in total. The van der Waals surface area contributed by atoms with Gasteiger partial charge in [-0.05, 0) is 0 Å². The van der Waals surface area contributed by atoms with Crippen LogP contribution in [0.15, 0.2) is 10.7 Å². The molecular formula is C7H13N5O4S. The van der Waals surface area contributed by atoms with Gasteiger partial charge in [0.2, 0.25) is 0 Å². The average molecular weight is 263 g/mol. The number of nitrogens with one attached hydrogen (secondary N) is 3. The van der Waals surface area contributed by atoms with Crippen LogP contribution < -0.4 is 20.9 Å². The second-order valence-corrected chi connectivity index (χ2v) is 4.49. The van der Waals surface area contributed by atoms with Crippen LogP contribution in [0.3, 0.4) is 0 Å². The van der Waals surface area contributed by atoms with Crippen LogP contribution in [-0.4, -0.2) is 32.4 Å². The smallest absolute Gasteiger partial charge is 0.295 e. The van der Waals surface area contributed by atoms with Crippen LogP contribution in [0.4, 0.5) is 5.69 Å². The first-order valence-electron chi connectivity index (χ1n) is 4.47. The van der Waals surface area contributed by atoms with Gasteiger partial charge >= 0.3 is 0 Å². The summed E-state index contributed by atoms with van der Waals surface area (Å²) in [7, 11) is -3.73. The van der Waals surface area contributed by atoms with Crippen molar-refractivity contribution in [2.45, 2.75) is 0 Å². The van der Waals surface area contributed by atoms with Crippen molar-refractivity contribution in [3.8, 4) is 5.95 Å². The second-order valence-electron chi connectivity index (χ2n) is 3.11. The number of nitrogens with two attached hydrogens (primary N) is 2. The number of nitrogen functional groups attached to an aromatic ring is 1. The Morgan fingerprint density at radius 1 is 1.53 bits per heavy atom. The van der Waals surface area contributed by atoms with Crippen LogP contribution in [0.2, 0.25) is 0 Å². The van der Waals surface area contributed by atoms with Crippen molar-refractivity contribution < 1.29 is 17.9 Å². The Morgan fingerprint density at radius 3 is 2.71 bits per heavy atom. The SMILES string of the molecule is N=C(N)c1c(NCCNS(N)(=O)=O)coc1O. The van der Waals surface area contributed by atoms with Crippen molar-refractivity contribution in [1.29, 1.82) is 5.41 Å². The van der Waals surface area contributed by atoms with Gasteiger partial charge in [-0.15, -0.1) is 0 Å². The van der Waals surface area contributed by atoms with Crippen molar-refractivity contribution in [3.05, 3.63) is 11.8 Å². The fourth-order valence-corrected chi connectivity index (χ4v) is 1.52. The monoisotopic (exact) mass is 263 g/mol. The van der Waals surface area contributed by atoms with Crippen LogP contribution in [0.25, 0.3) is 0 Å². The minimum absolute atomic E-state index is 0.0283. The molecular weight excluding hydrogens is 250 g/mol. The molecule has 0 aliphatic rings. The summed E-state index contributed by atoms with van der Waals surface area (Å²) in [4.78, 5) is 0. The summed E-state index contributed by atoms with van der Waals surface area (Å²) >= 11 is 0. The Bertz CT molecular complexity index is 508. The Morgan fingerprint density at radius 2 is 2.18 bits per heavy atom. The van der Waals surface area contributed by atoms with E-state index in [1.165, 1.54) is 6.26 Å². The highest BCUT2D eigenvalue weighted by Gasteiger charge is 2.15. The molecule has 1 rings (SSSR count). The molecule has 0 spiro atoms. The predicted octanol–water partition coefficient (Wildman–Crippen LogP) is -1.53. The Labute approximate surface area is 97.5 Å². The van der Waals surface area contributed by atoms with Gasteiger partial charge in [0.1, 0.15) is 17.7 Å². The standard InChI is InChI=1S/C7H13N5O4S/c8-6(9)5-4(3-16-7(5)13)11-1-2-12-17(10,14)15/h3,11-13H,1-2H2,(H3,8,9)(H2,10,14,15). The van der Waals surface area contributed by atoms with Gasteiger partial charge in [-0.2, -0.15) is 8.42 Å². The molecule has 0 aliphatic heterocycles. The molecule has 0 atom stereocenters. The number of rotatable bonds is 6. The molecule has 17 heavy (non-hydrogen) atoms. The number of amidine groups is 1. The largest absolute Gasteiger partial charge is 0.480 e. The van der Waals surface area contributed by atoms with Crippen LogP contribution in [0.1, 0.15) is 5.56 Å². The van der Waals surface area contributed by atoms with Crippen molar-refractivity contribution in [1.82, 2.24) is 4.72 Å². The van der Waals surface area contributed by atoms with Crippen molar-refractivity contribution in [2.75, 3.05) is 18.4 Å². The molecule has 0 bridgehead atoms. The first-order valence-corrected chi connectivity index (χ1v) is 6.02. The van der Waals surface area contributed by atoms with E-state index in [0.717, 1.165) is 0 Å². The lowest BCUT2D eigenvalue weighted by Gasteiger charge is -2.05. The van der Waals surface area contributed by atoms with Crippen LogP contribution in [-0.2, 0) is 10.2 Å². The van der Waals surface area contributed by atoms with Gasteiger partial charge in [0.25, 0.3) is 16.2 Å². The molecule has 0 amide bonds. The Hall–Kier alpha value is -1.78. The summed E-state index contributed by atoms with van der Waals surface area (Å²) in [6.45, 7) is 0.234. The molecule has 0 aliphatic carbocycles. The number of aromatic hydroxyl groups is 1. The van der Waals surface area contributed by atoms with E-state index < -0.39 is 16.2 Å².